The Balaban J connectivity index is 1.68. The van der Waals surface area contributed by atoms with Crippen molar-refractivity contribution >= 4 is 29.4 Å². The molecule has 0 unspecified atom stereocenters. The van der Waals surface area contributed by atoms with Crippen molar-refractivity contribution in [3.8, 4) is 0 Å². The van der Waals surface area contributed by atoms with Crippen LogP contribution in [0.1, 0.15) is 62.6 Å². The summed E-state index contributed by atoms with van der Waals surface area (Å²) in [5, 5.41) is 11.7. The summed E-state index contributed by atoms with van der Waals surface area (Å²) in [6, 6.07) is -0.571. The number of hydrogen-bond donors (Lipinski definition) is 4. The number of nitrogens with zero attached hydrogens (tertiary/aromatic N) is 2. The molecule has 0 atom stereocenters. The molecule has 0 bridgehead atoms. The predicted octanol–water partition coefficient (Wildman–Crippen LogP) is 1.28. The summed E-state index contributed by atoms with van der Waals surface area (Å²) in [6.07, 6.45) is 2.80. The molecule has 0 radical (unpaired) electrons. The summed E-state index contributed by atoms with van der Waals surface area (Å²) < 4.78 is 0. The molecule has 1 aromatic heterocycles. The molecule has 10 heteroatoms. The van der Waals surface area contributed by atoms with Crippen LogP contribution in [0.3, 0.4) is 0 Å². The number of hydrogen-bond acceptors (Lipinski definition) is 5. The summed E-state index contributed by atoms with van der Waals surface area (Å²) in [5.74, 6) is -1.30. The zero-order chi connectivity index (χ0) is 21.6. The average Bonchev–Trinajstić information content (AvgIpc) is 3.08. The summed E-state index contributed by atoms with van der Waals surface area (Å²) in [5.41, 5.74) is 4.95. The number of aryl methyl sites for hydroxylation is 1. The van der Waals surface area contributed by atoms with E-state index in [1.54, 1.807) is 6.92 Å². The van der Waals surface area contributed by atoms with E-state index in [0.29, 0.717) is 24.5 Å². The summed E-state index contributed by atoms with van der Waals surface area (Å²) in [7, 11) is 0. The van der Waals surface area contributed by atoms with Gasteiger partial charge in [0.05, 0.1) is 11.4 Å². The molecular formula is C19H28N6O4. The lowest BCUT2D eigenvalue weighted by Crippen LogP contribution is -2.51. The van der Waals surface area contributed by atoms with Crippen molar-refractivity contribution in [3.63, 3.8) is 0 Å². The third-order valence-corrected chi connectivity index (χ3v) is 6.06. The van der Waals surface area contributed by atoms with E-state index in [2.05, 4.69) is 41.6 Å². The van der Waals surface area contributed by atoms with Gasteiger partial charge < -0.3 is 16.4 Å². The van der Waals surface area contributed by atoms with Gasteiger partial charge in [0.2, 0.25) is 5.91 Å². The molecule has 2 fully saturated rings. The fourth-order valence-electron chi connectivity index (χ4n) is 4.22. The summed E-state index contributed by atoms with van der Waals surface area (Å²) in [6.45, 7) is 7.71. The number of primary amides is 1. The van der Waals surface area contributed by atoms with Crippen LogP contribution in [0.5, 0.6) is 0 Å². The maximum absolute atomic E-state index is 13.0. The largest absolute Gasteiger partial charge is 0.364 e. The van der Waals surface area contributed by atoms with Crippen molar-refractivity contribution in [3.05, 3.63) is 11.4 Å². The van der Waals surface area contributed by atoms with Crippen LogP contribution in [0.25, 0.3) is 0 Å². The van der Waals surface area contributed by atoms with Crippen LogP contribution in [-0.2, 0) is 9.59 Å². The standard InChI is InChI=1S/C19H28N6O4/c1-10-13(14(15(20)27)24-23-10)21-12(26)9-25-16(28)19(22-17(25)29)7-5-11(6-8-19)18(2,3)4/h11H,5-9H2,1-4H3,(H2,20,27)(H,21,26)(H,22,29)(H,23,24). The molecule has 1 saturated heterocycles. The molecule has 5 amide bonds. The average molecular weight is 404 g/mol. The normalized spacial score (nSPS) is 24.7. The molecule has 29 heavy (non-hydrogen) atoms. The van der Waals surface area contributed by atoms with Gasteiger partial charge in [0.25, 0.3) is 11.8 Å². The number of carbonyl (C=O) groups excluding carboxylic acids is 4. The second kappa shape index (κ2) is 7.16. The van der Waals surface area contributed by atoms with Crippen molar-refractivity contribution in [2.75, 3.05) is 11.9 Å². The number of imide groups is 1. The van der Waals surface area contributed by atoms with Crippen molar-refractivity contribution in [2.24, 2.45) is 17.1 Å². The van der Waals surface area contributed by atoms with Gasteiger partial charge in [-0.1, -0.05) is 20.8 Å². The first kappa shape index (κ1) is 20.8. The number of H-pyrrole nitrogens is 1. The fourth-order valence-corrected chi connectivity index (χ4v) is 4.22. The van der Waals surface area contributed by atoms with Crippen LogP contribution >= 0.6 is 0 Å². The van der Waals surface area contributed by atoms with E-state index < -0.39 is 29.9 Å². The monoisotopic (exact) mass is 404 g/mol. The lowest BCUT2D eigenvalue weighted by molar-refractivity contribution is -0.135. The number of nitrogens with one attached hydrogen (secondary N) is 3. The van der Waals surface area contributed by atoms with Crippen LogP contribution < -0.4 is 16.4 Å². The first-order chi connectivity index (χ1) is 13.4. The molecule has 1 spiro atoms. The van der Waals surface area contributed by atoms with Gasteiger partial charge in [-0.05, 0) is 43.9 Å². The van der Waals surface area contributed by atoms with Crippen LogP contribution in [0.4, 0.5) is 10.5 Å². The van der Waals surface area contributed by atoms with E-state index in [4.69, 9.17) is 5.73 Å². The van der Waals surface area contributed by atoms with Crippen molar-refractivity contribution in [1.82, 2.24) is 20.4 Å². The highest BCUT2D eigenvalue weighted by atomic mass is 16.2. The minimum absolute atomic E-state index is 0.106. The van der Waals surface area contributed by atoms with Crippen LogP contribution in [-0.4, -0.2) is 50.9 Å². The lowest BCUT2D eigenvalue weighted by Gasteiger charge is -2.40. The van der Waals surface area contributed by atoms with E-state index in [-0.39, 0.29) is 22.7 Å². The Kier molecular flexibility index (Phi) is 5.14. The van der Waals surface area contributed by atoms with Gasteiger partial charge in [0.1, 0.15) is 12.1 Å². The molecule has 1 aliphatic carbocycles. The first-order valence-corrected chi connectivity index (χ1v) is 9.73. The topological polar surface area (TPSA) is 150 Å². The van der Waals surface area contributed by atoms with Crippen molar-refractivity contribution < 1.29 is 19.2 Å². The Morgan fingerprint density at radius 3 is 2.45 bits per heavy atom. The fraction of sp³-hybridized carbons (Fsp3) is 0.632. The number of carbonyl (C=O) groups is 4. The van der Waals surface area contributed by atoms with E-state index in [1.807, 2.05) is 0 Å². The van der Waals surface area contributed by atoms with Crippen LogP contribution in [0, 0.1) is 18.3 Å². The zero-order valence-electron chi connectivity index (χ0n) is 17.2. The van der Waals surface area contributed by atoms with Gasteiger partial charge in [0.15, 0.2) is 5.69 Å². The third kappa shape index (κ3) is 3.83. The molecule has 5 N–H and O–H groups in total. The maximum Gasteiger partial charge on any atom is 0.325 e. The molecule has 2 aliphatic rings. The third-order valence-electron chi connectivity index (χ3n) is 6.06. The molecule has 3 rings (SSSR count). The van der Waals surface area contributed by atoms with Crippen LogP contribution in [0.15, 0.2) is 0 Å². The SMILES string of the molecule is Cc1[nH]nc(C(N)=O)c1NC(=O)CN1C(=O)NC2(CCC(C(C)(C)C)CC2)C1=O. The Bertz CT molecular complexity index is 861. The highest BCUT2D eigenvalue weighted by molar-refractivity contribution is 6.11. The minimum atomic E-state index is -0.928. The molecule has 1 aliphatic heterocycles. The quantitative estimate of drug-likeness (QED) is 0.558. The molecule has 1 aromatic rings. The first-order valence-electron chi connectivity index (χ1n) is 9.73. The second-order valence-electron chi connectivity index (χ2n) is 9.03. The highest BCUT2D eigenvalue weighted by Crippen LogP contribution is 2.43. The van der Waals surface area contributed by atoms with E-state index in [1.165, 1.54) is 0 Å². The summed E-state index contributed by atoms with van der Waals surface area (Å²) in [4.78, 5) is 50.3. The smallest absolute Gasteiger partial charge is 0.325 e. The molecule has 10 nitrogen and oxygen atoms in total. The van der Waals surface area contributed by atoms with Gasteiger partial charge >= 0.3 is 6.03 Å². The number of aromatic amines is 1. The van der Waals surface area contributed by atoms with Gasteiger partial charge in [0, 0.05) is 0 Å². The van der Waals surface area contributed by atoms with Gasteiger partial charge in [-0.2, -0.15) is 5.10 Å². The number of aromatic nitrogens is 2. The minimum Gasteiger partial charge on any atom is -0.364 e. The number of rotatable bonds is 4. The van der Waals surface area contributed by atoms with Gasteiger partial charge in [-0.3, -0.25) is 24.4 Å². The van der Waals surface area contributed by atoms with Crippen molar-refractivity contribution in [1.29, 1.82) is 0 Å². The Hall–Kier alpha value is -2.91. The lowest BCUT2D eigenvalue weighted by atomic mass is 9.67. The molecule has 0 aromatic carbocycles. The Morgan fingerprint density at radius 1 is 1.28 bits per heavy atom. The molecular weight excluding hydrogens is 376 g/mol. The number of anilines is 1. The molecule has 158 valence electrons. The highest BCUT2D eigenvalue weighted by Gasteiger charge is 2.53. The number of nitrogens with two attached hydrogens (primary N) is 1. The van der Waals surface area contributed by atoms with Gasteiger partial charge in [-0.15, -0.1) is 0 Å². The van der Waals surface area contributed by atoms with Gasteiger partial charge in [-0.25, -0.2) is 4.79 Å². The Morgan fingerprint density at radius 2 is 1.90 bits per heavy atom. The van der Waals surface area contributed by atoms with E-state index >= 15 is 0 Å². The predicted molar refractivity (Wildman–Crippen MR) is 105 cm³/mol. The zero-order valence-corrected chi connectivity index (χ0v) is 17.2. The number of urea groups is 1. The Labute approximate surface area is 169 Å². The van der Waals surface area contributed by atoms with Crippen LogP contribution in [0.2, 0.25) is 0 Å². The summed E-state index contributed by atoms with van der Waals surface area (Å²) >= 11 is 0. The number of amides is 5. The van der Waals surface area contributed by atoms with E-state index in [0.717, 1.165) is 17.7 Å². The van der Waals surface area contributed by atoms with E-state index in [9.17, 15) is 19.2 Å². The molecule has 1 saturated carbocycles. The van der Waals surface area contributed by atoms with Crippen molar-refractivity contribution in [2.45, 2.75) is 58.9 Å². The molecule has 2 heterocycles. The maximum atomic E-state index is 13.0. The second-order valence-corrected chi connectivity index (χ2v) is 9.03.